The third-order valence-corrected chi connectivity index (χ3v) is 3.80. The van der Waals surface area contributed by atoms with Gasteiger partial charge in [-0.3, -0.25) is 0 Å². The summed E-state index contributed by atoms with van der Waals surface area (Å²) >= 11 is 5.80. The van der Waals surface area contributed by atoms with Crippen LogP contribution in [0.25, 0.3) is 0 Å². The van der Waals surface area contributed by atoms with Gasteiger partial charge in [0.05, 0.1) is 5.75 Å². The number of rotatable bonds is 6. The Morgan fingerprint density at radius 3 is 2.75 bits per heavy atom. The molecule has 0 atom stereocenters. The van der Waals surface area contributed by atoms with Crippen molar-refractivity contribution in [1.82, 2.24) is 4.72 Å². The molecule has 3 nitrogen and oxygen atoms in total. The Hall–Kier alpha value is -0.580. The highest BCUT2D eigenvalue weighted by Gasteiger charge is 2.08. The maximum Gasteiger partial charge on any atom is 0.211 e. The molecular formula is C11H16ClNO2S. The molecule has 1 rings (SSSR count). The van der Waals surface area contributed by atoms with Crippen molar-refractivity contribution >= 4 is 21.6 Å². The molecule has 5 heteroatoms. The first-order chi connectivity index (χ1) is 7.53. The summed E-state index contributed by atoms with van der Waals surface area (Å²) in [4.78, 5) is 0. The van der Waals surface area contributed by atoms with Gasteiger partial charge in [-0.1, -0.05) is 37.1 Å². The molecule has 0 heterocycles. The average Bonchev–Trinajstić information content (AvgIpc) is 2.24. The van der Waals surface area contributed by atoms with Gasteiger partial charge in [-0.25, -0.2) is 13.1 Å². The van der Waals surface area contributed by atoms with Crippen LogP contribution < -0.4 is 4.72 Å². The van der Waals surface area contributed by atoms with E-state index in [0.29, 0.717) is 18.0 Å². The highest BCUT2D eigenvalue weighted by molar-refractivity contribution is 7.89. The zero-order valence-corrected chi connectivity index (χ0v) is 10.8. The number of benzene rings is 1. The molecule has 0 saturated carbocycles. The summed E-state index contributed by atoms with van der Waals surface area (Å²) in [6, 6.07) is 7.16. The van der Waals surface area contributed by atoms with Crippen LogP contribution in [0.3, 0.4) is 0 Å². The minimum Gasteiger partial charge on any atom is -0.212 e. The fourth-order valence-corrected chi connectivity index (χ4v) is 2.66. The summed E-state index contributed by atoms with van der Waals surface area (Å²) in [6.07, 6.45) is 1.56. The molecule has 16 heavy (non-hydrogen) atoms. The maximum atomic E-state index is 11.5. The van der Waals surface area contributed by atoms with Gasteiger partial charge in [0.15, 0.2) is 0 Å². The highest BCUT2D eigenvalue weighted by Crippen LogP contribution is 2.10. The molecule has 0 saturated heterocycles. The number of nitrogens with one attached hydrogen (secondary N) is 1. The van der Waals surface area contributed by atoms with Gasteiger partial charge >= 0.3 is 0 Å². The minimum absolute atomic E-state index is 0.185. The van der Waals surface area contributed by atoms with E-state index in [2.05, 4.69) is 4.72 Å². The van der Waals surface area contributed by atoms with Crippen LogP contribution in [0, 0.1) is 0 Å². The predicted molar refractivity (Wildman–Crippen MR) is 67.0 cm³/mol. The Kier molecular flexibility index (Phi) is 5.25. The summed E-state index contributed by atoms with van der Waals surface area (Å²) < 4.78 is 25.6. The molecule has 1 N–H and O–H groups in total. The van der Waals surface area contributed by atoms with Gasteiger partial charge in [0, 0.05) is 11.6 Å². The topological polar surface area (TPSA) is 46.2 Å². The second-order valence-electron chi connectivity index (χ2n) is 3.62. The molecule has 0 spiro atoms. The molecule has 0 amide bonds. The van der Waals surface area contributed by atoms with Crippen molar-refractivity contribution in [3.63, 3.8) is 0 Å². The van der Waals surface area contributed by atoms with Crippen LogP contribution in [0.15, 0.2) is 24.3 Å². The van der Waals surface area contributed by atoms with Crippen LogP contribution in [0.5, 0.6) is 0 Å². The number of unbranched alkanes of at least 4 members (excludes halogenated alkanes) is 1. The van der Waals surface area contributed by atoms with Gasteiger partial charge in [0.25, 0.3) is 0 Å². The fraction of sp³-hybridized carbons (Fsp3) is 0.455. The molecular weight excluding hydrogens is 246 g/mol. The quantitative estimate of drug-likeness (QED) is 0.856. The SMILES string of the molecule is CCCCS(=O)(=O)NCc1cccc(Cl)c1. The van der Waals surface area contributed by atoms with Gasteiger partial charge < -0.3 is 0 Å². The van der Waals surface area contributed by atoms with E-state index in [1.807, 2.05) is 13.0 Å². The van der Waals surface area contributed by atoms with Crippen LogP contribution in [0.1, 0.15) is 25.3 Å². The smallest absolute Gasteiger partial charge is 0.211 e. The first-order valence-corrected chi connectivity index (χ1v) is 7.28. The van der Waals surface area contributed by atoms with Crippen LogP contribution in [-0.4, -0.2) is 14.2 Å². The molecule has 0 radical (unpaired) electrons. The standard InChI is InChI=1S/C11H16ClNO2S/c1-2-3-7-16(14,15)13-9-10-5-4-6-11(12)8-10/h4-6,8,13H,2-3,7,9H2,1H3. The Morgan fingerprint density at radius 2 is 2.12 bits per heavy atom. The Balaban J connectivity index is 2.51. The Labute approximate surface area is 102 Å². The van der Waals surface area contributed by atoms with Crippen LogP contribution in [-0.2, 0) is 16.6 Å². The number of hydrogen-bond donors (Lipinski definition) is 1. The summed E-state index contributed by atoms with van der Waals surface area (Å²) in [7, 11) is -3.15. The second kappa shape index (κ2) is 6.23. The van der Waals surface area contributed by atoms with E-state index < -0.39 is 10.0 Å². The van der Waals surface area contributed by atoms with Crippen molar-refractivity contribution in [1.29, 1.82) is 0 Å². The lowest BCUT2D eigenvalue weighted by Crippen LogP contribution is -2.25. The molecule has 1 aromatic rings. The van der Waals surface area contributed by atoms with Gasteiger partial charge in [-0.05, 0) is 24.1 Å². The van der Waals surface area contributed by atoms with E-state index >= 15 is 0 Å². The van der Waals surface area contributed by atoms with Gasteiger partial charge in [0.1, 0.15) is 0 Å². The van der Waals surface area contributed by atoms with Crippen molar-refractivity contribution in [2.45, 2.75) is 26.3 Å². The van der Waals surface area contributed by atoms with E-state index in [1.165, 1.54) is 0 Å². The number of halogens is 1. The predicted octanol–water partition coefficient (Wildman–Crippen LogP) is 2.56. The molecule has 90 valence electrons. The monoisotopic (exact) mass is 261 g/mol. The van der Waals surface area contributed by atoms with Crippen molar-refractivity contribution < 1.29 is 8.42 Å². The number of sulfonamides is 1. The third-order valence-electron chi connectivity index (χ3n) is 2.15. The van der Waals surface area contributed by atoms with Crippen molar-refractivity contribution in [3.05, 3.63) is 34.9 Å². The Morgan fingerprint density at radius 1 is 1.38 bits per heavy atom. The molecule has 0 unspecified atom stereocenters. The molecule has 0 aromatic heterocycles. The molecule has 0 fully saturated rings. The summed E-state index contributed by atoms with van der Waals surface area (Å²) in [5, 5.41) is 0.616. The van der Waals surface area contributed by atoms with E-state index in [9.17, 15) is 8.42 Å². The summed E-state index contributed by atoms with van der Waals surface area (Å²) in [6.45, 7) is 2.26. The third kappa shape index (κ3) is 4.96. The van der Waals surface area contributed by atoms with Crippen LogP contribution in [0.2, 0.25) is 5.02 Å². The fourth-order valence-electron chi connectivity index (χ4n) is 1.25. The maximum absolute atomic E-state index is 11.5. The zero-order valence-electron chi connectivity index (χ0n) is 9.24. The highest BCUT2D eigenvalue weighted by atomic mass is 35.5. The van der Waals surface area contributed by atoms with Gasteiger partial charge in [-0.2, -0.15) is 0 Å². The lowest BCUT2D eigenvalue weighted by Gasteiger charge is -2.06. The minimum atomic E-state index is -3.15. The molecule has 0 aliphatic heterocycles. The van der Waals surface area contributed by atoms with Crippen LogP contribution in [0.4, 0.5) is 0 Å². The molecule has 1 aromatic carbocycles. The van der Waals surface area contributed by atoms with E-state index in [-0.39, 0.29) is 5.75 Å². The van der Waals surface area contributed by atoms with Gasteiger partial charge in [-0.15, -0.1) is 0 Å². The number of hydrogen-bond acceptors (Lipinski definition) is 2. The molecule has 0 aliphatic carbocycles. The van der Waals surface area contributed by atoms with Gasteiger partial charge in [0.2, 0.25) is 10.0 Å². The largest absolute Gasteiger partial charge is 0.212 e. The van der Waals surface area contributed by atoms with E-state index in [0.717, 1.165) is 12.0 Å². The van der Waals surface area contributed by atoms with Crippen molar-refractivity contribution in [2.75, 3.05) is 5.75 Å². The van der Waals surface area contributed by atoms with Crippen molar-refractivity contribution in [2.24, 2.45) is 0 Å². The zero-order chi connectivity index (χ0) is 12.0. The normalized spacial score (nSPS) is 11.6. The Bertz CT molecular complexity index is 431. The molecule has 0 bridgehead atoms. The first-order valence-electron chi connectivity index (χ1n) is 5.25. The summed E-state index contributed by atoms with van der Waals surface area (Å²) in [5.74, 6) is 0.185. The van der Waals surface area contributed by atoms with E-state index in [4.69, 9.17) is 11.6 Å². The summed E-state index contributed by atoms with van der Waals surface area (Å²) in [5.41, 5.74) is 0.868. The lowest BCUT2D eigenvalue weighted by atomic mass is 10.2. The molecule has 0 aliphatic rings. The van der Waals surface area contributed by atoms with E-state index in [1.54, 1.807) is 18.2 Å². The first kappa shape index (κ1) is 13.5. The second-order valence-corrected chi connectivity index (χ2v) is 5.99. The van der Waals surface area contributed by atoms with Crippen molar-refractivity contribution in [3.8, 4) is 0 Å². The van der Waals surface area contributed by atoms with Crippen LogP contribution >= 0.6 is 11.6 Å². The lowest BCUT2D eigenvalue weighted by molar-refractivity contribution is 0.578. The average molecular weight is 262 g/mol.